The Morgan fingerprint density at radius 2 is 1.46 bits per heavy atom. The number of unbranched alkanes of at least 4 members (excludes halogenated alkanes) is 4. The second kappa shape index (κ2) is 30.0. The Hall–Kier alpha value is -4.86. The van der Waals surface area contributed by atoms with E-state index in [0.29, 0.717) is 45.1 Å². The zero-order chi connectivity index (χ0) is 54.8. The van der Waals surface area contributed by atoms with Crippen molar-refractivity contribution in [3.8, 4) is 0 Å². The molecule has 0 unspecified atom stereocenters. The SMILES string of the molecule is CC[C@H](C)[C@@H]([C@@H](CC(=O)N1CCC[C@H]1[C@H](OC)[C@@H](C)C(=O)C[C@@H](Cc1c[nH]c2ccccc12)C(N)=O)OC)N(C)C(=O)[C@@H](CC(=O)[C@H](C(C)C)N(C)CCCCCCCC(=O)CCCC1C(=O)C=CC1=O)C(C)C. The Morgan fingerprint density at radius 3 is 2.08 bits per heavy atom. The van der Waals surface area contributed by atoms with Crippen LogP contribution in [0.15, 0.2) is 42.6 Å². The summed E-state index contributed by atoms with van der Waals surface area (Å²) < 4.78 is 12.2. The molecule has 2 aliphatic rings. The highest BCUT2D eigenvalue weighted by Gasteiger charge is 2.44. The fourth-order valence-corrected chi connectivity index (χ4v) is 11.7. The van der Waals surface area contributed by atoms with Gasteiger partial charge in [-0.3, -0.25) is 43.3 Å². The van der Waals surface area contributed by atoms with Crippen LogP contribution in [-0.4, -0.2) is 138 Å². The summed E-state index contributed by atoms with van der Waals surface area (Å²) in [6.45, 7) is 15.1. The third-order valence-electron chi connectivity index (χ3n) is 16.3. The lowest BCUT2D eigenvalue weighted by Crippen LogP contribution is -2.54. The van der Waals surface area contributed by atoms with Crippen LogP contribution in [0.2, 0.25) is 0 Å². The first-order valence-electron chi connectivity index (χ1n) is 27.7. The quantitative estimate of drug-likeness (QED) is 0.0496. The number of primary amides is 1. The summed E-state index contributed by atoms with van der Waals surface area (Å²) in [6, 6.07) is 6.56. The lowest BCUT2D eigenvalue weighted by molar-refractivity contribution is -0.149. The number of nitrogens with zero attached hydrogens (tertiary/aromatic N) is 3. The number of ether oxygens (including phenoxy) is 2. The third kappa shape index (κ3) is 16.8. The van der Waals surface area contributed by atoms with E-state index in [9.17, 15) is 38.4 Å². The first kappa shape index (κ1) is 61.7. The Morgan fingerprint density at radius 1 is 0.811 bits per heavy atom. The Bertz CT molecular complexity index is 2220. The number of carbonyl (C=O) groups excluding carboxylic acids is 8. The maximum atomic E-state index is 14.7. The number of hydrogen-bond acceptors (Lipinski definition) is 11. The molecule has 15 heteroatoms. The highest BCUT2D eigenvalue weighted by Crippen LogP contribution is 2.33. The molecule has 0 radical (unpaired) electrons. The van der Waals surface area contributed by atoms with Crippen molar-refractivity contribution < 1.29 is 47.8 Å². The number of benzene rings is 1. The summed E-state index contributed by atoms with van der Waals surface area (Å²) in [6.07, 6.45) is 12.1. The molecule has 1 aromatic carbocycles. The van der Waals surface area contributed by atoms with Crippen LogP contribution in [0.1, 0.15) is 150 Å². The monoisotopic (exact) mass is 1030 g/mol. The van der Waals surface area contributed by atoms with Gasteiger partial charge >= 0.3 is 0 Å². The summed E-state index contributed by atoms with van der Waals surface area (Å²) >= 11 is 0. The number of aromatic nitrogens is 1. The van der Waals surface area contributed by atoms with Gasteiger partial charge < -0.3 is 30.0 Å². The molecule has 15 nitrogen and oxygen atoms in total. The number of ketones is 5. The molecule has 1 aliphatic heterocycles. The summed E-state index contributed by atoms with van der Waals surface area (Å²) in [4.78, 5) is 115. The number of likely N-dealkylation sites (tertiary alicyclic amines) is 1. The minimum Gasteiger partial charge on any atom is -0.379 e. The van der Waals surface area contributed by atoms with Gasteiger partial charge in [-0.05, 0) is 100 Å². The number of Topliss-reactive ketones (excluding diaryl/α,β-unsaturated/α-hetero) is 3. The minimum atomic E-state index is -0.716. The van der Waals surface area contributed by atoms with Crippen molar-refractivity contribution in [2.24, 2.45) is 47.2 Å². The first-order chi connectivity index (χ1) is 35.2. The van der Waals surface area contributed by atoms with E-state index in [4.69, 9.17) is 15.2 Å². The van der Waals surface area contributed by atoms with Crippen LogP contribution >= 0.6 is 0 Å². The van der Waals surface area contributed by atoms with Gasteiger partial charge in [-0.25, -0.2) is 0 Å². The smallest absolute Gasteiger partial charge is 0.226 e. The van der Waals surface area contributed by atoms with Crippen molar-refractivity contribution in [2.75, 3.05) is 41.4 Å². The lowest BCUT2D eigenvalue weighted by atomic mass is 9.83. The molecule has 2 aromatic rings. The molecule has 0 bridgehead atoms. The Balaban J connectivity index is 1.33. The van der Waals surface area contributed by atoms with E-state index in [1.54, 1.807) is 38.0 Å². The van der Waals surface area contributed by atoms with Crippen LogP contribution in [0.25, 0.3) is 10.9 Å². The number of likely N-dealkylation sites (N-methyl/N-ethyl adjacent to an activating group) is 2. The van der Waals surface area contributed by atoms with E-state index in [2.05, 4.69) is 16.8 Å². The fourth-order valence-electron chi connectivity index (χ4n) is 11.7. The van der Waals surface area contributed by atoms with Gasteiger partial charge in [-0.1, -0.05) is 92.3 Å². The average Bonchev–Trinajstić information content (AvgIpc) is 4.10. The maximum absolute atomic E-state index is 14.7. The van der Waals surface area contributed by atoms with E-state index in [-0.39, 0.29) is 89.8 Å². The number of nitrogens with one attached hydrogen (secondary N) is 1. The zero-order valence-corrected chi connectivity index (χ0v) is 46.7. The number of amides is 3. The highest BCUT2D eigenvalue weighted by molar-refractivity contribution is 6.18. The van der Waals surface area contributed by atoms with E-state index < -0.39 is 47.8 Å². The standard InChI is InChI=1S/C59H91N5O10/c1-12-39(6)56(53(73-10)35-54(70)64-31-21-27-48(64)57(74-11)40(7)51(68)33-41(58(60)71)32-42-36-61-47-26-18-17-24-44(42)47)63(9)59(72)46(37(2)3)34-52(69)55(38(4)5)62(8)30-19-15-13-14-16-22-43(65)23-20-25-45-49(66)28-29-50(45)67/h17-18,24,26,28-29,36-41,45-46,48,53,55-57,61H,12-16,19-23,25,27,30-35H2,1-11H3,(H2,60,71)/t39-,40-,41+,46-,48-,53+,55-,56-,57+/m0/s1. The van der Waals surface area contributed by atoms with Gasteiger partial charge in [-0.2, -0.15) is 0 Å². The molecule has 412 valence electrons. The number of methoxy groups -OCH3 is 2. The summed E-state index contributed by atoms with van der Waals surface area (Å²) in [5.41, 5.74) is 7.73. The first-order valence-corrected chi connectivity index (χ1v) is 27.7. The van der Waals surface area contributed by atoms with Crippen molar-refractivity contribution in [1.82, 2.24) is 19.7 Å². The van der Waals surface area contributed by atoms with Crippen LogP contribution in [0, 0.1) is 41.4 Å². The van der Waals surface area contributed by atoms with E-state index in [0.717, 1.165) is 68.0 Å². The predicted molar refractivity (Wildman–Crippen MR) is 289 cm³/mol. The highest BCUT2D eigenvalue weighted by atomic mass is 16.5. The zero-order valence-electron chi connectivity index (χ0n) is 46.7. The molecule has 0 spiro atoms. The average molecular weight is 1030 g/mol. The van der Waals surface area contributed by atoms with E-state index in [1.165, 1.54) is 12.2 Å². The van der Waals surface area contributed by atoms with Crippen molar-refractivity contribution in [3.05, 3.63) is 48.2 Å². The van der Waals surface area contributed by atoms with Gasteiger partial charge in [0.15, 0.2) is 17.3 Å². The molecule has 1 saturated heterocycles. The Kier molecular flexibility index (Phi) is 25.0. The number of hydrogen-bond donors (Lipinski definition) is 2. The summed E-state index contributed by atoms with van der Waals surface area (Å²) in [5, 5.41) is 0.978. The molecule has 3 amide bonds. The number of H-pyrrole nitrogens is 1. The molecule has 1 aliphatic carbocycles. The van der Waals surface area contributed by atoms with Gasteiger partial charge in [0.25, 0.3) is 0 Å². The molecule has 1 aromatic heterocycles. The van der Waals surface area contributed by atoms with Crippen molar-refractivity contribution in [1.29, 1.82) is 0 Å². The van der Waals surface area contributed by atoms with Gasteiger partial charge in [-0.15, -0.1) is 0 Å². The summed E-state index contributed by atoms with van der Waals surface area (Å²) in [7, 11) is 6.87. The Labute approximate surface area is 441 Å². The number of fused-ring (bicyclic) bond motifs is 1. The van der Waals surface area contributed by atoms with Crippen LogP contribution in [0.3, 0.4) is 0 Å². The topological polar surface area (TPSA) is 207 Å². The van der Waals surface area contributed by atoms with Crippen molar-refractivity contribution >= 4 is 57.5 Å². The molecule has 0 saturated carbocycles. The molecular weight excluding hydrogens is 939 g/mol. The van der Waals surface area contributed by atoms with Crippen LogP contribution in [0.5, 0.6) is 0 Å². The molecular formula is C59H91N5O10. The number of allylic oxidation sites excluding steroid dienone is 2. The number of nitrogens with two attached hydrogens (primary N) is 1. The second-order valence-electron chi connectivity index (χ2n) is 22.3. The van der Waals surface area contributed by atoms with Gasteiger partial charge in [0.05, 0.1) is 42.7 Å². The molecule has 1 fully saturated rings. The molecule has 9 atom stereocenters. The van der Waals surface area contributed by atoms with E-state index in [1.807, 2.05) is 72.1 Å². The molecule has 74 heavy (non-hydrogen) atoms. The van der Waals surface area contributed by atoms with Gasteiger partial charge in [0, 0.05) is 88.3 Å². The van der Waals surface area contributed by atoms with Gasteiger partial charge in [0.1, 0.15) is 11.6 Å². The largest absolute Gasteiger partial charge is 0.379 e. The van der Waals surface area contributed by atoms with Crippen LogP contribution < -0.4 is 5.73 Å². The van der Waals surface area contributed by atoms with E-state index >= 15 is 0 Å². The molecule has 4 rings (SSSR count). The minimum absolute atomic E-state index is 0.00306. The number of aromatic amines is 1. The summed E-state index contributed by atoms with van der Waals surface area (Å²) in [5.74, 6) is -3.84. The van der Waals surface area contributed by atoms with Crippen LogP contribution in [-0.2, 0) is 54.3 Å². The van der Waals surface area contributed by atoms with Crippen molar-refractivity contribution in [2.45, 2.75) is 182 Å². The molecule has 2 heterocycles. The lowest BCUT2D eigenvalue weighted by Gasteiger charge is -2.41. The molecule has 3 N–H and O–H groups in total. The second-order valence-corrected chi connectivity index (χ2v) is 22.3. The maximum Gasteiger partial charge on any atom is 0.226 e. The normalized spacial score (nSPS) is 18.5. The number of rotatable bonds is 35. The third-order valence-corrected chi connectivity index (χ3v) is 16.3. The van der Waals surface area contributed by atoms with Crippen molar-refractivity contribution in [3.63, 3.8) is 0 Å². The number of para-hydroxylation sites is 1. The fraction of sp³-hybridized carbons (Fsp3) is 0.695. The van der Waals surface area contributed by atoms with Crippen LogP contribution in [0.4, 0.5) is 0 Å². The van der Waals surface area contributed by atoms with Gasteiger partial charge in [0.2, 0.25) is 17.7 Å². The number of carbonyl (C=O) groups is 8. The predicted octanol–water partition coefficient (Wildman–Crippen LogP) is 8.28.